The average Bonchev–Trinajstić information content (AvgIpc) is 2.50. The number of rotatable bonds is 6. The van der Waals surface area contributed by atoms with Gasteiger partial charge in [0.05, 0.1) is 6.10 Å². The predicted octanol–water partition coefficient (Wildman–Crippen LogP) is 2.96. The van der Waals surface area contributed by atoms with E-state index in [1.54, 1.807) is 0 Å². The van der Waals surface area contributed by atoms with E-state index >= 15 is 0 Å². The van der Waals surface area contributed by atoms with E-state index in [1.807, 2.05) is 0 Å². The van der Waals surface area contributed by atoms with Gasteiger partial charge in [0.2, 0.25) is 0 Å². The Morgan fingerprint density at radius 2 is 2.00 bits per heavy atom. The van der Waals surface area contributed by atoms with Gasteiger partial charge in [-0.3, -0.25) is 0 Å². The van der Waals surface area contributed by atoms with Crippen molar-refractivity contribution in [2.75, 3.05) is 6.61 Å². The van der Waals surface area contributed by atoms with Crippen LogP contribution in [0.25, 0.3) is 0 Å². The lowest BCUT2D eigenvalue weighted by atomic mass is 10.0. The summed E-state index contributed by atoms with van der Waals surface area (Å²) in [5.41, 5.74) is 6.02. The molecular weight excluding hydrogens is 186 g/mol. The maximum Gasteiger partial charge on any atom is 0.0549 e. The predicted molar refractivity (Wildman–Crippen MR) is 64.8 cm³/mol. The zero-order valence-electron chi connectivity index (χ0n) is 10.5. The molecule has 0 aromatic rings. The zero-order valence-corrected chi connectivity index (χ0v) is 10.5. The molecule has 3 unspecified atom stereocenters. The smallest absolute Gasteiger partial charge is 0.0549 e. The maximum atomic E-state index is 6.02. The van der Waals surface area contributed by atoms with Crippen molar-refractivity contribution >= 4 is 0 Å². The summed E-state index contributed by atoms with van der Waals surface area (Å²) in [5, 5.41) is 0. The Hall–Kier alpha value is -0.0800. The van der Waals surface area contributed by atoms with Gasteiger partial charge in [0.1, 0.15) is 0 Å². The first-order valence-electron chi connectivity index (χ1n) is 6.46. The lowest BCUT2D eigenvalue weighted by Gasteiger charge is -2.18. The molecule has 0 bridgehead atoms. The first-order chi connectivity index (χ1) is 7.09. The number of hydrogen-bond donors (Lipinski definition) is 1. The molecule has 0 aromatic carbocycles. The number of nitrogens with two attached hydrogens (primary N) is 1. The highest BCUT2D eigenvalue weighted by atomic mass is 16.5. The molecule has 2 N–H and O–H groups in total. The molecule has 2 nitrogen and oxygen atoms in total. The van der Waals surface area contributed by atoms with Crippen molar-refractivity contribution in [2.24, 2.45) is 17.6 Å². The first kappa shape index (κ1) is 13.0. The van der Waals surface area contributed by atoms with E-state index in [-0.39, 0.29) is 0 Å². The number of hydrogen-bond acceptors (Lipinski definition) is 2. The monoisotopic (exact) mass is 213 g/mol. The second-order valence-electron chi connectivity index (χ2n) is 5.45. The Morgan fingerprint density at radius 1 is 1.27 bits per heavy atom. The van der Waals surface area contributed by atoms with E-state index in [9.17, 15) is 0 Å². The van der Waals surface area contributed by atoms with Crippen molar-refractivity contribution in [1.29, 1.82) is 0 Å². The first-order valence-corrected chi connectivity index (χ1v) is 6.46. The summed E-state index contributed by atoms with van der Waals surface area (Å²) in [4.78, 5) is 0. The largest absolute Gasteiger partial charge is 0.378 e. The van der Waals surface area contributed by atoms with Crippen LogP contribution in [-0.2, 0) is 4.74 Å². The normalized spacial score (nSPS) is 28.6. The van der Waals surface area contributed by atoms with E-state index in [1.165, 1.54) is 19.3 Å². The second-order valence-corrected chi connectivity index (χ2v) is 5.45. The van der Waals surface area contributed by atoms with Gasteiger partial charge in [-0.1, -0.05) is 20.3 Å². The highest BCUT2D eigenvalue weighted by Crippen LogP contribution is 2.26. The summed E-state index contributed by atoms with van der Waals surface area (Å²) in [6.45, 7) is 7.56. The lowest BCUT2D eigenvalue weighted by molar-refractivity contribution is 0.0429. The summed E-state index contributed by atoms with van der Waals surface area (Å²) in [5.74, 6) is 1.45. The van der Waals surface area contributed by atoms with Gasteiger partial charge in [-0.15, -0.1) is 0 Å². The van der Waals surface area contributed by atoms with Crippen molar-refractivity contribution in [3.8, 4) is 0 Å². The minimum absolute atomic E-state index is 0.405. The molecule has 3 atom stereocenters. The molecule has 0 heterocycles. The highest BCUT2D eigenvalue weighted by molar-refractivity contribution is 4.79. The van der Waals surface area contributed by atoms with Crippen molar-refractivity contribution in [1.82, 2.24) is 0 Å². The fourth-order valence-electron chi connectivity index (χ4n) is 2.58. The Bertz CT molecular complexity index is 170. The topological polar surface area (TPSA) is 35.2 Å². The Morgan fingerprint density at radius 3 is 2.53 bits per heavy atom. The second kappa shape index (κ2) is 6.49. The van der Waals surface area contributed by atoms with Gasteiger partial charge in [0, 0.05) is 12.6 Å². The Kier molecular flexibility index (Phi) is 5.62. The van der Waals surface area contributed by atoms with Crippen LogP contribution in [-0.4, -0.2) is 18.8 Å². The van der Waals surface area contributed by atoms with Crippen molar-refractivity contribution < 1.29 is 4.74 Å². The molecular formula is C13H27NO. The third-order valence-electron chi connectivity index (χ3n) is 3.41. The van der Waals surface area contributed by atoms with Gasteiger partial charge in [0.15, 0.2) is 0 Å². The van der Waals surface area contributed by atoms with Crippen LogP contribution in [0, 0.1) is 11.8 Å². The molecule has 0 aromatic heterocycles. The molecule has 0 radical (unpaired) electrons. The van der Waals surface area contributed by atoms with Crippen LogP contribution >= 0.6 is 0 Å². The van der Waals surface area contributed by atoms with Crippen LogP contribution in [0.15, 0.2) is 0 Å². The van der Waals surface area contributed by atoms with Gasteiger partial charge >= 0.3 is 0 Å². The van der Waals surface area contributed by atoms with E-state index in [2.05, 4.69) is 20.8 Å². The summed E-state index contributed by atoms with van der Waals surface area (Å²) in [7, 11) is 0. The SMILES string of the molecule is CC(C)CC(C)OCCC1CCCC1N. The minimum atomic E-state index is 0.405. The fourth-order valence-corrected chi connectivity index (χ4v) is 2.58. The molecule has 1 fully saturated rings. The van der Waals surface area contributed by atoms with Crippen LogP contribution in [0.4, 0.5) is 0 Å². The van der Waals surface area contributed by atoms with Crippen LogP contribution in [0.2, 0.25) is 0 Å². The van der Waals surface area contributed by atoms with Gasteiger partial charge in [0.25, 0.3) is 0 Å². The molecule has 0 aliphatic heterocycles. The van der Waals surface area contributed by atoms with E-state index in [0.29, 0.717) is 12.1 Å². The van der Waals surface area contributed by atoms with Crippen molar-refractivity contribution in [3.05, 3.63) is 0 Å². The standard InChI is InChI=1S/C13H27NO/c1-10(2)9-11(3)15-8-7-12-5-4-6-13(12)14/h10-13H,4-9,14H2,1-3H3. The zero-order chi connectivity index (χ0) is 11.3. The Balaban J connectivity index is 2.05. The molecule has 0 spiro atoms. The summed E-state index contributed by atoms with van der Waals surface area (Å²) in [6, 6.07) is 0.439. The lowest BCUT2D eigenvalue weighted by Crippen LogP contribution is -2.26. The number of ether oxygens (including phenoxy) is 1. The van der Waals surface area contributed by atoms with E-state index in [0.717, 1.165) is 31.3 Å². The third kappa shape index (κ3) is 4.98. The van der Waals surface area contributed by atoms with E-state index in [4.69, 9.17) is 10.5 Å². The van der Waals surface area contributed by atoms with Crippen LogP contribution in [0.1, 0.15) is 52.9 Å². The quantitative estimate of drug-likeness (QED) is 0.736. The maximum absolute atomic E-state index is 6.02. The molecule has 15 heavy (non-hydrogen) atoms. The molecule has 1 saturated carbocycles. The molecule has 2 heteroatoms. The van der Waals surface area contributed by atoms with Crippen molar-refractivity contribution in [3.63, 3.8) is 0 Å². The molecule has 1 rings (SSSR count). The summed E-state index contributed by atoms with van der Waals surface area (Å²) >= 11 is 0. The molecule has 90 valence electrons. The van der Waals surface area contributed by atoms with Gasteiger partial charge in [-0.25, -0.2) is 0 Å². The van der Waals surface area contributed by atoms with Crippen LogP contribution in [0.5, 0.6) is 0 Å². The molecule has 1 aliphatic rings. The van der Waals surface area contributed by atoms with Gasteiger partial charge in [-0.2, -0.15) is 0 Å². The highest BCUT2D eigenvalue weighted by Gasteiger charge is 2.23. The fraction of sp³-hybridized carbons (Fsp3) is 1.00. The molecule has 0 amide bonds. The summed E-state index contributed by atoms with van der Waals surface area (Å²) in [6.07, 6.45) is 6.56. The Labute approximate surface area is 94.6 Å². The third-order valence-corrected chi connectivity index (χ3v) is 3.41. The average molecular weight is 213 g/mol. The minimum Gasteiger partial charge on any atom is -0.378 e. The molecule has 1 aliphatic carbocycles. The van der Waals surface area contributed by atoms with Crippen LogP contribution in [0.3, 0.4) is 0 Å². The van der Waals surface area contributed by atoms with Crippen LogP contribution < -0.4 is 5.73 Å². The van der Waals surface area contributed by atoms with Gasteiger partial charge in [-0.05, 0) is 44.4 Å². The van der Waals surface area contributed by atoms with E-state index < -0.39 is 0 Å². The molecule has 0 saturated heterocycles. The van der Waals surface area contributed by atoms with Crippen molar-refractivity contribution in [2.45, 2.75) is 65.0 Å². The van der Waals surface area contributed by atoms with Gasteiger partial charge < -0.3 is 10.5 Å². The summed E-state index contributed by atoms with van der Waals surface area (Å²) < 4.78 is 5.81.